The highest BCUT2D eigenvalue weighted by molar-refractivity contribution is 5.91. The molecule has 0 fully saturated rings. The van der Waals surface area contributed by atoms with Gasteiger partial charge in [-0.25, -0.2) is 8.78 Å². The fraction of sp³-hybridized carbons (Fsp3) is 0.0909. The van der Waals surface area contributed by atoms with Crippen LogP contribution in [0.15, 0.2) is 24.4 Å². The fourth-order valence-corrected chi connectivity index (χ4v) is 1.41. The van der Waals surface area contributed by atoms with Crippen molar-refractivity contribution >= 4 is 22.5 Å². The van der Waals surface area contributed by atoms with Crippen LogP contribution >= 0.6 is 0 Å². The number of rotatable bonds is 1. The SMILES string of the molecule is CC(=O)Nc1cnc2c(F)c(F)ccc2c1. The largest absolute Gasteiger partial charge is 0.325 e. The molecule has 0 spiro atoms. The van der Waals surface area contributed by atoms with Crippen molar-refractivity contribution in [3.8, 4) is 0 Å². The van der Waals surface area contributed by atoms with E-state index in [2.05, 4.69) is 10.3 Å². The van der Waals surface area contributed by atoms with Crippen molar-refractivity contribution < 1.29 is 13.6 Å². The lowest BCUT2D eigenvalue weighted by Gasteiger charge is -2.04. The van der Waals surface area contributed by atoms with Gasteiger partial charge in [-0.2, -0.15) is 0 Å². The number of nitrogens with zero attached hydrogens (tertiary/aromatic N) is 1. The molecule has 1 aromatic heterocycles. The van der Waals surface area contributed by atoms with Gasteiger partial charge in [-0.1, -0.05) is 0 Å². The predicted octanol–water partition coefficient (Wildman–Crippen LogP) is 2.47. The number of hydrogen-bond donors (Lipinski definition) is 1. The van der Waals surface area contributed by atoms with Crippen LogP contribution in [0.3, 0.4) is 0 Å². The van der Waals surface area contributed by atoms with Crippen molar-refractivity contribution in [3.05, 3.63) is 36.0 Å². The zero-order valence-corrected chi connectivity index (χ0v) is 8.42. The van der Waals surface area contributed by atoms with Gasteiger partial charge in [0, 0.05) is 12.3 Å². The van der Waals surface area contributed by atoms with Crippen LogP contribution in [0.1, 0.15) is 6.92 Å². The Morgan fingerprint density at radius 1 is 1.38 bits per heavy atom. The monoisotopic (exact) mass is 222 g/mol. The molecule has 2 aromatic rings. The molecule has 16 heavy (non-hydrogen) atoms. The summed E-state index contributed by atoms with van der Waals surface area (Å²) >= 11 is 0. The molecule has 0 atom stereocenters. The van der Waals surface area contributed by atoms with Crippen molar-refractivity contribution in [2.75, 3.05) is 5.32 Å². The zero-order valence-electron chi connectivity index (χ0n) is 8.42. The number of amides is 1. The number of nitrogens with one attached hydrogen (secondary N) is 1. The van der Waals surface area contributed by atoms with Crippen molar-refractivity contribution in [3.63, 3.8) is 0 Å². The summed E-state index contributed by atoms with van der Waals surface area (Å²) in [4.78, 5) is 14.6. The van der Waals surface area contributed by atoms with E-state index in [1.165, 1.54) is 25.3 Å². The maximum Gasteiger partial charge on any atom is 0.221 e. The van der Waals surface area contributed by atoms with E-state index < -0.39 is 11.6 Å². The molecular weight excluding hydrogens is 214 g/mol. The van der Waals surface area contributed by atoms with Crippen LogP contribution in [0, 0.1) is 11.6 Å². The van der Waals surface area contributed by atoms with Gasteiger partial charge in [-0.05, 0) is 18.2 Å². The molecule has 0 aliphatic rings. The van der Waals surface area contributed by atoms with Crippen LogP contribution in [0.2, 0.25) is 0 Å². The highest BCUT2D eigenvalue weighted by atomic mass is 19.2. The van der Waals surface area contributed by atoms with Crippen LogP contribution in [-0.2, 0) is 4.79 Å². The Labute approximate surface area is 90.1 Å². The van der Waals surface area contributed by atoms with Crippen LogP contribution in [0.25, 0.3) is 10.9 Å². The van der Waals surface area contributed by atoms with Gasteiger partial charge in [0.15, 0.2) is 11.6 Å². The molecule has 0 aliphatic carbocycles. The topological polar surface area (TPSA) is 42.0 Å². The second-order valence-corrected chi connectivity index (χ2v) is 3.34. The van der Waals surface area contributed by atoms with E-state index in [1.54, 1.807) is 0 Å². The van der Waals surface area contributed by atoms with E-state index in [0.717, 1.165) is 6.07 Å². The molecule has 1 heterocycles. The van der Waals surface area contributed by atoms with Crippen LogP contribution in [-0.4, -0.2) is 10.9 Å². The smallest absolute Gasteiger partial charge is 0.221 e. The Morgan fingerprint density at radius 2 is 2.12 bits per heavy atom. The highest BCUT2D eigenvalue weighted by Crippen LogP contribution is 2.21. The summed E-state index contributed by atoms with van der Waals surface area (Å²) in [6.07, 6.45) is 1.28. The highest BCUT2D eigenvalue weighted by Gasteiger charge is 2.08. The number of halogens is 2. The number of carbonyl (C=O) groups is 1. The molecule has 0 bridgehead atoms. The van der Waals surface area contributed by atoms with Crippen LogP contribution in [0.5, 0.6) is 0 Å². The lowest BCUT2D eigenvalue weighted by Crippen LogP contribution is -2.06. The molecule has 0 radical (unpaired) electrons. The van der Waals surface area contributed by atoms with E-state index in [9.17, 15) is 13.6 Å². The Bertz CT molecular complexity index is 569. The lowest BCUT2D eigenvalue weighted by atomic mass is 10.2. The third-order valence-corrected chi connectivity index (χ3v) is 2.06. The van der Waals surface area contributed by atoms with Gasteiger partial charge < -0.3 is 5.32 Å². The molecule has 1 N–H and O–H groups in total. The fourth-order valence-electron chi connectivity index (χ4n) is 1.41. The van der Waals surface area contributed by atoms with Gasteiger partial charge in [0.1, 0.15) is 5.52 Å². The average Bonchev–Trinajstić information content (AvgIpc) is 2.23. The first-order valence-electron chi connectivity index (χ1n) is 4.59. The first kappa shape index (κ1) is 10.5. The molecule has 0 unspecified atom stereocenters. The van der Waals surface area contributed by atoms with Crippen molar-refractivity contribution in [2.24, 2.45) is 0 Å². The summed E-state index contributed by atoms with van der Waals surface area (Å²) in [5, 5.41) is 2.95. The van der Waals surface area contributed by atoms with Gasteiger partial charge in [0.05, 0.1) is 11.9 Å². The Kier molecular flexibility index (Phi) is 2.52. The number of pyridine rings is 1. The second kappa shape index (κ2) is 3.84. The predicted molar refractivity (Wildman–Crippen MR) is 56.0 cm³/mol. The number of benzene rings is 1. The molecular formula is C11H8F2N2O. The number of carbonyl (C=O) groups excluding carboxylic acids is 1. The maximum atomic E-state index is 13.3. The van der Waals surface area contributed by atoms with Crippen molar-refractivity contribution in [1.82, 2.24) is 4.98 Å². The van der Waals surface area contributed by atoms with E-state index in [4.69, 9.17) is 0 Å². The normalized spacial score (nSPS) is 10.4. The molecule has 82 valence electrons. The van der Waals surface area contributed by atoms with E-state index in [1.807, 2.05) is 0 Å². The average molecular weight is 222 g/mol. The third-order valence-electron chi connectivity index (χ3n) is 2.06. The summed E-state index contributed by atoms with van der Waals surface area (Å²) in [6, 6.07) is 3.97. The molecule has 3 nitrogen and oxygen atoms in total. The molecule has 0 aliphatic heterocycles. The van der Waals surface area contributed by atoms with Crippen LogP contribution in [0.4, 0.5) is 14.5 Å². The van der Waals surface area contributed by atoms with Crippen molar-refractivity contribution in [1.29, 1.82) is 0 Å². The minimum atomic E-state index is -0.980. The molecule has 0 saturated heterocycles. The summed E-state index contributed by atoms with van der Waals surface area (Å²) in [5.41, 5.74) is 0.403. The summed E-state index contributed by atoms with van der Waals surface area (Å²) in [7, 11) is 0. The lowest BCUT2D eigenvalue weighted by molar-refractivity contribution is -0.114. The maximum absolute atomic E-state index is 13.3. The minimum absolute atomic E-state index is 0.0471. The van der Waals surface area contributed by atoms with E-state index >= 15 is 0 Å². The summed E-state index contributed by atoms with van der Waals surface area (Å²) in [5.74, 6) is -2.16. The molecule has 5 heteroatoms. The first-order chi connectivity index (χ1) is 7.58. The van der Waals surface area contributed by atoms with Crippen molar-refractivity contribution in [2.45, 2.75) is 6.92 Å². The Balaban J connectivity index is 2.56. The van der Waals surface area contributed by atoms with Gasteiger partial charge >= 0.3 is 0 Å². The minimum Gasteiger partial charge on any atom is -0.325 e. The first-order valence-corrected chi connectivity index (χ1v) is 4.59. The van der Waals surface area contributed by atoms with Gasteiger partial charge in [-0.15, -0.1) is 0 Å². The molecule has 1 aromatic carbocycles. The number of hydrogen-bond acceptors (Lipinski definition) is 2. The zero-order chi connectivity index (χ0) is 11.7. The van der Waals surface area contributed by atoms with Gasteiger partial charge in [-0.3, -0.25) is 9.78 Å². The van der Waals surface area contributed by atoms with E-state index in [0.29, 0.717) is 11.1 Å². The molecule has 0 saturated carbocycles. The summed E-state index contributed by atoms with van der Waals surface area (Å²) in [6.45, 7) is 1.36. The second-order valence-electron chi connectivity index (χ2n) is 3.34. The van der Waals surface area contributed by atoms with Crippen LogP contribution < -0.4 is 5.32 Å². The number of aromatic nitrogens is 1. The summed E-state index contributed by atoms with van der Waals surface area (Å²) < 4.78 is 26.1. The van der Waals surface area contributed by atoms with Gasteiger partial charge in [0.25, 0.3) is 0 Å². The Hall–Kier alpha value is -2.04. The quantitative estimate of drug-likeness (QED) is 0.805. The molecule has 1 amide bonds. The standard InChI is InChI=1S/C11H8F2N2O/c1-6(16)15-8-4-7-2-3-9(12)10(13)11(7)14-5-8/h2-5H,1H3,(H,15,16). The number of fused-ring (bicyclic) bond motifs is 1. The number of anilines is 1. The van der Waals surface area contributed by atoms with E-state index in [-0.39, 0.29) is 11.4 Å². The molecule has 2 rings (SSSR count). The Morgan fingerprint density at radius 3 is 2.81 bits per heavy atom. The van der Waals surface area contributed by atoms with Gasteiger partial charge in [0.2, 0.25) is 5.91 Å². The third kappa shape index (κ3) is 1.84.